The molecule has 0 spiro atoms. The fourth-order valence-electron chi connectivity index (χ4n) is 8.84. The lowest BCUT2D eigenvalue weighted by Gasteiger charge is -2.40. The van der Waals surface area contributed by atoms with E-state index in [2.05, 4.69) is 31.3 Å². The molecule has 1 aliphatic rings. The van der Waals surface area contributed by atoms with Gasteiger partial charge >= 0.3 is 0 Å². The van der Waals surface area contributed by atoms with Crippen LogP contribution in [0.4, 0.5) is 0 Å². The summed E-state index contributed by atoms with van der Waals surface area (Å²) in [5.41, 5.74) is 0. The van der Waals surface area contributed by atoms with Gasteiger partial charge in [0.15, 0.2) is 6.29 Å². The molecule has 1 saturated heterocycles. The molecule has 9 unspecified atom stereocenters. The van der Waals surface area contributed by atoms with Crippen molar-refractivity contribution in [2.45, 2.75) is 306 Å². The second kappa shape index (κ2) is 43.2. The number of allylic oxidation sites excluding steroid dienone is 2. The van der Waals surface area contributed by atoms with Gasteiger partial charge in [0.1, 0.15) is 36.6 Å². The largest absolute Gasteiger partial charge is 0.394 e. The zero-order valence-electron chi connectivity index (χ0n) is 41.3. The fraction of sp³-hybridized carbons (Fsp3) is 0.943. The standard InChI is InChI=1S/C53H103NO10/c1-3-5-7-9-11-13-14-15-16-17-18-19-20-21-22-23-24-25-26-27-28-29-30-31-33-34-36-38-40-45(56)48(58)44(43-63-53-51(61)50(60)49(59)47(42-55)64-53)54-52(62)46(57)41-39-37-35-32-12-10-8-6-4-2/h10,12,44-51,53,55-61H,3-9,11,13-43H2,1-2H3,(H,54,62)/b12-10-. The number of carbonyl (C=O) groups is 1. The molecule has 1 rings (SSSR count). The van der Waals surface area contributed by atoms with Gasteiger partial charge in [0.05, 0.1) is 25.4 Å². The first-order chi connectivity index (χ1) is 31.2. The molecule has 1 heterocycles. The van der Waals surface area contributed by atoms with E-state index in [1.807, 2.05) is 0 Å². The van der Waals surface area contributed by atoms with E-state index < -0.39 is 74.2 Å². The van der Waals surface area contributed by atoms with Gasteiger partial charge in [-0.05, 0) is 32.1 Å². The summed E-state index contributed by atoms with van der Waals surface area (Å²) in [6.45, 7) is 3.39. The Bertz CT molecular complexity index is 1050. The number of aliphatic hydroxyl groups is 7. The number of hydrogen-bond donors (Lipinski definition) is 8. The Morgan fingerprint density at radius 3 is 1.36 bits per heavy atom. The van der Waals surface area contributed by atoms with Gasteiger partial charge in [0.25, 0.3) is 0 Å². The Hall–Kier alpha value is -1.15. The lowest BCUT2D eigenvalue weighted by atomic mass is 9.98. The number of carbonyl (C=O) groups excluding carboxylic acids is 1. The number of unbranched alkanes of at least 4 members (excludes halogenated alkanes) is 32. The maximum absolute atomic E-state index is 13.0. The quantitative estimate of drug-likeness (QED) is 0.0216. The van der Waals surface area contributed by atoms with Gasteiger partial charge in [0.2, 0.25) is 5.91 Å². The third-order valence-electron chi connectivity index (χ3n) is 13.3. The van der Waals surface area contributed by atoms with Gasteiger partial charge in [0, 0.05) is 0 Å². The molecule has 1 fully saturated rings. The van der Waals surface area contributed by atoms with Gasteiger partial charge in [-0.15, -0.1) is 0 Å². The number of ether oxygens (including phenoxy) is 2. The number of amides is 1. The minimum absolute atomic E-state index is 0.240. The lowest BCUT2D eigenvalue weighted by Crippen LogP contribution is -2.60. The topological polar surface area (TPSA) is 189 Å². The molecule has 0 aliphatic carbocycles. The average molecular weight is 914 g/mol. The Morgan fingerprint density at radius 2 is 0.922 bits per heavy atom. The van der Waals surface area contributed by atoms with E-state index in [9.17, 15) is 40.5 Å². The molecule has 380 valence electrons. The van der Waals surface area contributed by atoms with Crippen LogP contribution in [-0.2, 0) is 14.3 Å². The fourth-order valence-corrected chi connectivity index (χ4v) is 8.84. The van der Waals surface area contributed by atoms with Crippen molar-refractivity contribution in [2.75, 3.05) is 13.2 Å². The molecule has 11 nitrogen and oxygen atoms in total. The van der Waals surface area contributed by atoms with E-state index >= 15 is 0 Å². The first kappa shape index (κ1) is 60.9. The molecule has 8 N–H and O–H groups in total. The molecule has 1 aliphatic heterocycles. The number of nitrogens with one attached hydrogen (secondary N) is 1. The molecule has 0 aromatic heterocycles. The van der Waals surface area contributed by atoms with E-state index in [0.29, 0.717) is 19.3 Å². The predicted molar refractivity (Wildman–Crippen MR) is 261 cm³/mol. The summed E-state index contributed by atoms with van der Waals surface area (Å²) in [6.07, 6.45) is 37.3. The third-order valence-corrected chi connectivity index (χ3v) is 13.3. The van der Waals surface area contributed by atoms with Crippen LogP contribution in [0.5, 0.6) is 0 Å². The second-order valence-corrected chi connectivity index (χ2v) is 19.3. The minimum atomic E-state index is -1.66. The Labute approximate surface area is 392 Å². The van der Waals surface area contributed by atoms with Gasteiger partial charge in [-0.25, -0.2) is 0 Å². The Morgan fingerprint density at radius 1 is 0.531 bits per heavy atom. The normalized spacial score (nSPS) is 21.0. The van der Waals surface area contributed by atoms with Crippen molar-refractivity contribution < 1.29 is 50.0 Å². The van der Waals surface area contributed by atoms with E-state index in [0.717, 1.165) is 44.9 Å². The molecule has 0 aromatic carbocycles. The van der Waals surface area contributed by atoms with E-state index in [1.54, 1.807) is 0 Å². The molecule has 0 saturated carbocycles. The molecular formula is C53H103NO10. The maximum Gasteiger partial charge on any atom is 0.249 e. The number of aliphatic hydroxyl groups excluding tert-OH is 7. The van der Waals surface area contributed by atoms with Gasteiger partial charge in [-0.2, -0.15) is 0 Å². The summed E-state index contributed by atoms with van der Waals surface area (Å²) in [5.74, 6) is -0.710. The average Bonchev–Trinajstić information content (AvgIpc) is 3.29. The molecular weight excluding hydrogens is 811 g/mol. The highest BCUT2D eigenvalue weighted by atomic mass is 16.7. The summed E-state index contributed by atoms with van der Waals surface area (Å²) in [5, 5.41) is 75.7. The molecule has 64 heavy (non-hydrogen) atoms. The highest BCUT2D eigenvalue weighted by Crippen LogP contribution is 2.23. The van der Waals surface area contributed by atoms with E-state index in [1.165, 1.54) is 167 Å². The monoisotopic (exact) mass is 914 g/mol. The maximum atomic E-state index is 13.0. The van der Waals surface area contributed by atoms with Crippen molar-refractivity contribution in [3.05, 3.63) is 12.2 Å². The van der Waals surface area contributed by atoms with Crippen LogP contribution in [-0.4, -0.2) is 110 Å². The lowest BCUT2D eigenvalue weighted by molar-refractivity contribution is -0.303. The summed E-state index contributed by atoms with van der Waals surface area (Å²) in [7, 11) is 0. The van der Waals surface area contributed by atoms with E-state index in [4.69, 9.17) is 9.47 Å². The summed E-state index contributed by atoms with van der Waals surface area (Å²) < 4.78 is 11.1. The van der Waals surface area contributed by atoms with Gasteiger partial charge in [-0.3, -0.25) is 4.79 Å². The molecule has 9 atom stereocenters. The van der Waals surface area contributed by atoms with Crippen LogP contribution in [0.1, 0.15) is 251 Å². The van der Waals surface area contributed by atoms with Crippen molar-refractivity contribution in [1.82, 2.24) is 5.32 Å². The van der Waals surface area contributed by atoms with Crippen LogP contribution in [0.25, 0.3) is 0 Å². The molecule has 1 amide bonds. The minimum Gasteiger partial charge on any atom is -0.394 e. The third kappa shape index (κ3) is 31.8. The first-order valence-electron chi connectivity index (χ1n) is 27.1. The molecule has 0 bridgehead atoms. The van der Waals surface area contributed by atoms with E-state index in [-0.39, 0.29) is 6.42 Å². The number of rotatable bonds is 46. The zero-order valence-corrected chi connectivity index (χ0v) is 41.3. The van der Waals surface area contributed by atoms with Crippen LogP contribution in [0.15, 0.2) is 12.2 Å². The highest BCUT2D eigenvalue weighted by Gasteiger charge is 2.44. The second-order valence-electron chi connectivity index (χ2n) is 19.3. The van der Waals surface area contributed by atoms with Crippen LogP contribution in [0.3, 0.4) is 0 Å². The summed E-state index contributed by atoms with van der Waals surface area (Å²) >= 11 is 0. The SMILES string of the molecule is CCCC/C=C\CCCCCC(O)C(=O)NC(COC1OC(CO)C(O)C(O)C1O)C(O)C(O)CCCCCCCCCCCCCCCCCCCCCCCCCCCCCC. The van der Waals surface area contributed by atoms with Gasteiger partial charge < -0.3 is 50.5 Å². The smallest absolute Gasteiger partial charge is 0.249 e. The Kier molecular flexibility index (Phi) is 41.0. The van der Waals surface area contributed by atoms with Crippen LogP contribution in [0.2, 0.25) is 0 Å². The van der Waals surface area contributed by atoms with Crippen molar-refractivity contribution in [3.8, 4) is 0 Å². The molecule has 0 radical (unpaired) electrons. The predicted octanol–water partition coefficient (Wildman–Crippen LogP) is 10.4. The molecule has 11 heteroatoms. The Balaban J connectivity index is 2.22. The summed E-state index contributed by atoms with van der Waals surface area (Å²) in [6, 6.07) is -1.17. The van der Waals surface area contributed by atoms with Crippen molar-refractivity contribution in [3.63, 3.8) is 0 Å². The highest BCUT2D eigenvalue weighted by molar-refractivity contribution is 5.80. The van der Waals surface area contributed by atoms with Crippen molar-refractivity contribution >= 4 is 5.91 Å². The first-order valence-corrected chi connectivity index (χ1v) is 27.1. The van der Waals surface area contributed by atoms with Crippen LogP contribution < -0.4 is 5.32 Å². The van der Waals surface area contributed by atoms with Crippen LogP contribution in [0, 0.1) is 0 Å². The van der Waals surface area contributed by atoms with Gasteiger partial charge in [-0.1, -0.05) is 231 Å². The van der Waals surface area contributed by atoms with Crippen LogP contribution >= 0.6 is 0 Å². The number of hydrogen-bond acceptors (Lipinski definition) is 10. The zero-order chi connectivity index (χ0) is 46.9. The van der Waals surface area contributed by atoms with Crippen molar-refractivity contribution in [2.24, 2.45) is 0 Å². The summed E-state index contributed by atoms with van der Waals surface area (Å²) in [4.78, 5) is 13.0. The van der Waals surface area contributed by atoms with Crippen molar-refractivity contribution in [1.29, 1.82) is 0 Å². The molecule has 0 aromatic rings.